The van der Waals surface area contributed by atoms with Crippen LogP contribution in [0.25, 0.3) is 0 Å². The Balaban J connectivity index is 1.55. The van der Waals surface area contributed by atoms with E-state index in [9.17, 15) is 0 Å². The smallest absolute Gasteiger partial charge is 0.0406 e. The van der Waals surface area contributed by atoms with Crippen molar-refractivity contribution in [3.05, 3.63) is 34.9 Å². The van der Waals surface area contributed by atoms with E-state index in [4.69, 9.17) is 11.6 Å². The summed E-state index contributed by atoms with van der Waals surface area (Å²) < 4.78 is 0. The highest BCUT2D eigenvalue weighted by molar-refractivity contribution is 6.30. The number of rotatable bonds is 6. The van der Waals surface area contributed by atoms with Crippen molar-refractivity contribution < 1.29 is 0 Å². The molecule has 1 N–H and O–H groups in total. The largest absolute Gasteiger partial charge is 0.315 e. The summed E-state index contributed by atoms with van der Waals surface area (Å²) in [6.07, 6.45) is 3.84. The van der Waals surface area contributed by atoms with Crippen molar-refractivity contribution >= 4 is 11.6 Å². The Labute approximate surface area is 109 Å². The average molecular weight is 253 g/mol. The first-order valence-corrected chi connectivity index (χ1v) is 6.90. The first-order valence-electron chi connectivity index (χ1n) is 6.52. The van der Waals surface area contributed by atoms with Crippen molar-refractivity contribution in [1.82, 2.24) is 10.2 Å². The van der Waals surface area contributed by atoms with Gasteiger partial charge in [-0.05, 0) is 56.6 Å². The summed E-state index contributed by atoms with van der Waals surface area (Å²) in [5.41, 5.74) is 1.35. The molecule has 3 heteroatoms. The number of halogens is 1. The van der Waals surface area contributed by atoms with Gasteiger partial charge in [0, 0.05) is 18.1 Å². The number of nitrogens with zero attached hydrogens (tertiary/aromatic N) is 1. The highest BCUT2D eigenvalue weighted by Gasteiger charge is 2.09. The molecule has 1 aromatic carbocycles. The predicted molar refractivity (Wildman–Crippen MR) is 73.7 cm³/mol. The summed E-state index contributed by atoms with van der Waals surface area (Å²) in [4.78, 5) is 2.54. The van der Waals surface area contributed by atoms with Crippen molar-refractivity contribution in [1.29, 1.82) is 0 Å². The highest BCUT2D eigenvalue weighted by atomic mass is 35.5. The molecule has 1 fully saturated rings. The molecule has 0 aliphatic carbocycles. The third-order valence-corrected chi connectivity index (χ3v) is 3.56. The first-order chi connectivity index (χ1) is 8.34. The van der Waals surface area contributed by atoms with E-state index in [-0.39, 0.29) is 0 Å². The zero-order valence-electron chi connectivity index (χ0n) is 10.3. The molecule has 0 atom stereocenters. The molecule has 1 aliphatic heterocycles. The van der Waals surface area contributed by atoms with Gasteiger partial charge in [-0.15, -0.1) is 0 Å². The van der Waals surface area contributed by atoms with Crippen LogP contribution < -0.4 is 5.32 Å². The van der Waals surface area contributed by atoms with E-state index in [0.29, 0.717) is 0 Å². The van der Waals surface area contributed by atoms with Gasteiger partial charge >= 0.3 is 0 Å². The molecular weight excluding hydrogens is 232 g/mol. The van der Waals surface area contributed by atoms with E-state index in [1.807, 2.05) is 12.1 Å². The lowest BCUT2D eigenvalue weighted by Crippen LogP contribution is -2.30. The highest BCUT2D eigenvalue weighted by Crippen LogP contribution is 2.09. The second-order valence-electron chi connectivity index (χ2n) is 4.68. The quantitative estimate of drug-likeness (QED) is 0.783. The maximum atomic E-state index is 5.85. The molecule has 2 nitrogen and oxygen atoms in total. The molecule has 0 amide bonds. The van der Waals surface area contributed by atoms with Crippen molar-refractivity contribution in [2.24, 2.45) is 0 Å². The van der Waals surface area contributed by atoms with Crippen LogP contribution in [0.5, 0.6) is 0 Å². The normalized spacial score (nSPS) is 16.5. The van der Waals surface area contributed by atoms with Crippen LogP contribution in [0.2, 0.25) is 5.02 Å². The Hall–Kier alpha value is -0.570. The number of hydrogen-bond donors (Lipinski definition) is 1. The molecule has 0 saturated carbocycles. The second kappa shape index (κ2) is 7.00. The van der Waals surface area contributed by atoms with Crippen LogP contribution in [0.1, 0.15) is 18.4 Å². The zero-order chi connectivity index (χ0) is 11.9. The van der Waals surface area contributed by atoms with E-state index in [1.54, 1.807) is 0 Å². The van der Waals surface area contributed by atoms with Gasteiger partial charge in [0.15, 0.2) is 0 Å². The van der Waals surface area contributed by atoms with E-state index in [0.717, 1.165) is 24.5 Å². The minimum atomic E-state index is 0.816. The van der Waals surface area contributed by atoms with Crippen LogP contribution in [0.4, 0.5) is 0 Å². The standard InChI is InChI=1S/C14H21ClN2/c15-14-5-3-13(4-6-14)7-8-16-9-12-17-10-1-2-11-17/h3-6,16H,1-2,7-12H2. The van der Waals surface area contributed by atoms with Gasteiger partial charge in [-0.25, -0.2) is 0 Å². The lowest BCUT2D eigenvalue weighted by molar-refractivity contribution is 0.336. The average Bonchev–Trinajstić information content (AvgIpc) is 2.84. The fraction of sp³-hybridized carbons (Fsp3) is 0.571. The third-order valence-electron chi connectivity index (χ3n) is 3.31. The summed E-state index contributed by atoms with van der Waals surface area (Å²) in [6, 6.07) is 8.12. The van der Waals surface area contributed by atoms with E-state index < -0.39 is 0 Å². The van der Waals surface area contributed by atoms with Crippen molar-refractivity contribution in [3.8, 4) is 0 Å². The number of hydrogen-bond acceptors (Lipinski definition) is 2. The van der Waals surface area contributed by atoms with E-state index in [2.05, 4.69) is 22.3 Å². The molecule has 1 heterocycles. The first kappa shape index (κ1) is 12.9. The summed E-state index contributed by atoms with van der Waals surface area (Å²) in [7, 11) is 0. The van der Waals surface area contributed by atoms with Crippen LogP contribution in [-0.4, -0.2) is 37.6 Å². The van der Waals surface area contributed by atoms with Crippen molar-refractivity contribution in [2.75, 3.05) is 32.7 Å². The third kappa shape index (κ3) is 4.66. The van der Waals surface area contributed by atoms with Crippen LogP contribution in [0.3, 0.4) is 0 Å². The lowest BCUT2D eigenvalue weighted by Gasteiger charge is -2.14. The fourth-order valence-corrected chi connectivity index (χ4v) is 2.38. The van der Waals surface area contributed by atoms with E-state index in [1.165, 1.54) is 38.0 Å². The molecule has 0 bridgehead atoms. The predicted octanol–water partition coefficient (Wildman–Crippen LogP) is 2.57. The van der Waals surface area contributed by atoms with Gasteiger partial charge in [0.1, 0.15) is 0 Å². The molecule has 1 aliphatic rings. The fourth-order valence-electron chi connectivity index (χ4n) is 2.25. The van der Waals surface area contributed by atoms with Gasteiger partial charge in [0.05, 0.1) is 0 Å². The Kier molecular flexibility index (Phi) is 5.30. The summed E-state index contributed by atoms with van der Waals surface area (Å²) in [5, 5.41) is 4.32. The van der Waals surface area contributed by atoms with Crippen molar-refractivity contribution in [2.45, 2.75) is 19.3 Å². The summed E-state index contributed by atoms with van der Waals surface area (Å²) in [5.74, 6) is 0. The van der Waals surface area contributed by atoms with Crippen LogP contribution >= 0.6 is 11.6 Å². The summed E-state index contributed by atoms with van der Waals surface area (Å²) in [6.45, 7) is 5.93. The zero-order valence-corrected chi connectivity index (χ0v) is 11.0. The lowest BCUT2D eigenvalue weighted by atomic mass is 10.1. The Morgan fingerprint density at radius 3 is 2.47 bits per heavy atom. The number of nitrogens with one attached hydrogen (secondary N) is 1. The minimum Gasteiger partial charge on any atom is -0.315 e. The second-order valence-corrected chi connectivity index (χ2v) is 5.11. The molecule has 94 valence electrons. The van der Waals surface area contributed by atoms with Crippen LogP contribution in [0, 0.1) is 0 Å². The number of benzene rings is 1. The molecule has 1 aromatic rings. The molecule has 0 unspecified atom stereocenters. The maximum absolute atomic E-state index is 5.85. The Morgan fingerprint density at radius 1 is 1.06 bits per heavy atom. The maximum Gasteiger partial charge on any atom is 0.0406 e. The monoisotopic (exact) mass is 252 g/mol. The molecule has 1 saturated heterocycles. The number of likely N-dealkylation sites (tertiary alicyclic amines) is 1. The van der Waals surface area contributed by atoms with Gasteiger partial charge in [0.25, 0.3) is 0 Å². The van der Waals surface area contributed by atoms with Crippen molar-refractivity contribution in [3.63, 3.8) is 0 Å². The minimum absolute atomic E-state index is 0.816. The Morgan fingerprint density at radius 2 is 1.76 bits per heavy atom. The molecule has 0 radical (unpaired) electrons. The van der Waals surface area contributed by atoms with E-state index >= 15 is 0 Å². The SMILES string of the molecule is Clc1ccc(CCNCCN2CCCC2)cc1. The molecule has 0 aromatic heterocycles. The molecule has 17 heavy (non-hydrogen) atoms. The van der Waals surface area contributed by atoms with Crippen LogP contribution in [-0.2, 0) is 6.42 Å². The van der Waals surface area contributed by atoms with Gasteiger partial charge in [-0.3, -0.25) is 0 Å². The summed E-state index contributed by atoms with van der Waals surface area (Å²) >= 11 is 5.85. The topological polar surface area (TPSA) is 15.3 Å². The molecular formula is C14H21ClN2. The Bertz CT molecular complexity index is 317. The molecule has 0 spiro atoms. The van der Waals surface area contributed by atoms with Gasteiger partial charge in [-0.2, -0.15) is 0 Å². The van der Waals surface area contributed by atoms with Gasteiger partial charge < -0.3 is 10.2 Å². The molecule has 2 rings (SSSR count). The van der Waals surface area contributed by atoms with Gasteiger partial charge in [0.2, 0.25) is 0 Å². The van der Waals surface area contributed by atoms with Gasteiger partial charge in [-0.1, -0.05) is 23.7 Å². The van der Waals surface area contributed by atoms with Crippen LogP contribution in [0.15, 0.2) is 24.3 Å².